The van der Waals surface area contributed by atoms with Crippen molar-refractivity contribution in [2.75, 3.05) is 18.5 Å². The number of urea groups is 1. The van der Waals surface area contributed by atoms with Crippen molar-refractivity contribution in [3.05, 3.63) is 36.7 Å². The van der Waals surface area contributed by atoms with Crippen molar-refractivity contribution < 1.29 is 9.53 Å². The third-order valence-corrected chi connectivity index (χ3v) is 4.26. The third-order valence-electron chi connectivity index (χ3n) is 4.26. The second kappa shape index (κ2) is 7.44. The SMILES string of the molecule is CC(C)[C@H]1OCC[C@@H]1CNC(=O)Nc1ccc(-n2ccnn2)cc1. The number of aromatic nitrogens is 3. The molecule has 1 fully saturated rings. The summed E-state index contributed by atoms with van der Waals surface area (Å²) in [4.78, 5) is 12.1. The molecule has 0 saturated carbocycles. The summed E-state index contributed by atoms with van der Waals surface area (Å²) in [5.41, 5.74) is 1.63. The molecule has 1 aromatic carbocycles. The van der Waals surface area contributed by atoms with Crippen molar-refractivity contribution in [3.8, 4) is 5.69 Å². The summed E-state index contributed by atoms with van der Waals surface area (Å²) in [7, 11) is 0. The van der Waals surface area contributed by atoms with Gasteiger partial charge in [0.15, 0.2) is 0 Å². The van der Waals surface area contributed by atoms with E-state index in [1.807, 2.05) is 24.3 Å². The number of nitrogens with zero attached hydrogens (tertiary/aromatic N) is 3. The van der Waals surface area contributed by atoms with Gasteiger partial charge in [-0.25, -0.2) is 9.48 Å². The van der Waals surface area contributed by atoms with Gasteiger partial charge in [-0.05, 0) is 36.6 Å². The zero-order valence-electron chi connectivity index (χ0n) is 14.0. The Hall–Kier alpha value is -2.41. The Labute approximate surface area is 141 Å². The lowest BCUT2D eigenvalue weighted by molar-refractivity contribution is 0.0546. The van der Waals surface area contributed by atoms with Gasteiger partial charge in [-0.2, -0.15) is 0 Å². The van der Waals surface area contributed by atoms with Gasteiger partial charge in [-0.1, -0.05) is 19.1 Å². The Morgan fingerprint density at radius 3 is 2.83 bits per heavy atom. The monoisotopic (exact) mass is 329 g/mol. The van der Waals surface area contributed by atoms with Gasteiger partial charge in [0.1, 0.15) is 0 Å². The van der Waals surface area contributed by atoms with Crippen LogP contribution in [0.1, 0.15) is 20.3 Å². The molecule has 24 heavy (non-hydrogen) atoms. The molecule has 2 atom stereocenters. The van der Waals surface area contributed by atoms with Gasteiger partial charge in [-0.3, -0.25) is 0 Å². The Balaban J connectivity index is 1.50. The number of anilines is 1. The number of benzene rings is 1. The van der Waals surface area contributed by atoms with Crippen LogP contribution < -0.4 is 10.6 Å². The lowest BCUT2D eigenvalue weighted by Crippen LogP contribution is -2.37. The predicted molar refractivity (Wildman–Crippen MR) is 91.1 cm³/mol. The van der Waals surface area contributed by atoms with Crippen LogP contribution in [0.3, 0.4) is 0 Å². The molecule has 1 aliphatic heterocycles. The standard InChI is InChI=1S/C17H23N5O2/c1-12(2)16-13(7-10-24-16)11-18-17(23)20-14-3-5-15(6-4-14)22-9-8-19-21-22/h3-6,8-9,12-13,16H,7,10-11H2,1-2H3,(H2,18,20,23)/t13-,16-/m1/s1. The van der Waals surface area contributed by atoms with E-state index >= 15 is 0 Å². The van der Waals surface area contributed by atoms with Crippen molar-refractivity contribution in [3.63, 3.8) is 0 Å². The molecule has 128 valence electrons. The highest BCUT2D eigenvalue weighted by atomic mass is 16.5. The second-order valence-corrected chi connectivity index (χ2v) is 6.36. The Morgan fingerprint density at radius 2 is 2.17 bits per heavy atom. The van der Waals surface area contributed by atoms with E-state index in [2.05, 4.69) is 34.8 Å². The molecule has 2 aromatic rings. The zero-order valence-corrected chi connectivity index (χ0v) is 14.0. The largest absolute Gasteiger partial charge is 0.378 e. The average molecular weight is 329 g/mol. The van der Waals surface area contributed by atoms with Crippen molar-refractivity contribution in [2.45, 2.75) is 26.4 Å². The minimum atomic E-state index is -0.196. The van der Waals surface area contributed by atoms with Gasteiger partial charge in [-0.15, -0.1) is 5.10 Å². The van der Waals surface area contributed by atoms with Crippen LogP contribution in [0, 0.1) is 11.8 Å². The first-order chi connectivity index (χ1) is 11.6. The molecular weight excluding hydrogens is 306 g/mol. The molecule has 1 aromatic heterocycles. The molecular formula is C17H23N5O2. The molecule has 7 nitrogen and oxygen atoms in total. The van der Waals surface area contributed by atoms with E-state index in [9.17, 15) is 4.79 Å². The molecule has 0 aliphatic carbocycles. The van der Waals surface area contributed by atoms with Crippen molar-refractivity contribution in [1.29, 1.82) is 0 Å². The summed E-state index contributed by atoms with van der Waals surface area (Å²) in [6.45, 7) is 5.71. The molecule has 0 spiro atoms. The first-order valence-corrected chi connectivity index (χ1v) is 8.26. The van der Waals surface area contributed by atoms with Gasteiger partial charge in [0.2, 0.25) is 0 Å². The van der Waals surface area contributed by atoms with Crippen molar-refractivity contribution in [1.82, 2.24) is 20.3 Å². The van der Waals surface area contributed by atoms with Gasteiger partial charge >= 0.3 is 6.03 Å². The number of hydrogen-bond donors (Lipinski definition) is 2. The van der Waals surface area contributed by atoms with Crippen molar-refractivity contribution in [2.24, 2.45) is 11.8 Å². The van der Waals surface area contributed by atoms with Crippen LogP contribution >= 0.6 is 0 Å². The van der Waals surface area contributed by atoms with Gasteiger partial charge in [0, 0.05) is 24.8 Å². The maximum absolute atomic E-state index is 12.1. The van der Waals surface area contributed by atoms with Crippen LogP contribution in [0.5, 0.6) is 0 Å². The van der Waals surface area contributed by atoms with Crippen LogP contribution in [0.15, 0.2) is 36.7 Å². The third kappa shape index (κ3) is 3.91. The smallest absolute Gasteiger partial charge is 0.319 e. The number of nitrogens with one attached hydrogen (secondary N) is 2. The first kappa shape index (κ1) is 16.4. The van der Waals surface area contributed by atoms with E-state index in [1.165, 1.54) is 0 Å². The number of carbonyl (C=O) groups excluding carboxylic acids is 1. The topological polar surface area (TPSA) is 81.1 Å². The minimum absolute atomic E-state index is 0.196. The van der Waals surface area contributed by atoms with E-state index in [-0.39, 0.29) is 12.1 Å². The summed E-state index contributed by atoms with van der Waals surface area (Å²) >= 11 is 0. The summed E-state index contributed by atoms with van der Waals surface area (Å²) in [5.74, 6) is 0.845. The Kier molecular flexibility index (Phi) is 5.10. The number of hydrogen-bond acceptors (Lipinski definition) is 4. The van der Waals surface area contributed by atoms with Crippen LogP contribution in [0.4, 0.5) is 10.5 Å². The molecule has 2 amide bonds. The van der Waals surface area contributed by atoms with Crippen LogP contribution in [-0.4, -0.2) is 40.3 Å². The fourth-order valence-corrected chi connectivity index (χ4v) is 3.05. The van der Waals surface area contributed by atoms with E-state index in [4.69, 9.17) is 4.74 Å². The lowest BCUT2D eigenvalue weighted by atomic mass is 9.93. The average Bonchev–Trinajstić information content (AvgIpc) is 3.25. The first-order valence-electron chi connectivity index (χ1n) is 8.26. The minimum Gasteiger partial charge on any atom is -0.378 e. The fraction of sp³-hybridized carbons (Fsp3) is 0.471. The second-order valence-electron chi connectivity index (χ2n) is 6.36. The number of amides is 2. The van der Waals surface area contributed by atoms with Crippen LogP contribution in [-0.2, 0) is 4.74 Å². The maximum atomic E-state index is 12.1. The van der Waals surface area contributed by atoms with E-state index in [1.54, 1.807) is 17.1 Å². The highest BCUT2D eigenvalue weighted by Gasteiger charge is 2.30. The molecule has 0 unspecified atom stereocenters. The quantitative estimate of drug-likeness (QED) is 0.883. The van der Waals surface area contributed by atoms with E-state index in [0.29, 0.717) is 18.4 Å². The van der Waals surface area contributed by atoms with Crippen LogP contribution in [0.25, 0.3) is 5.69 Å². The van der Waals surface area contributed by atoms with Crippen LogP contribution in [0.2, 0.25) is 0 Å². The van der Waals surface area contributed by atoms with Crippen molar-refractivity contribution >= 4 is 11.7 Å². The fourth-order valence-electron chi connectivity index (χ4n) is 3.05. The Bertz CT molecular complexity index is 654. The van der Waals surface area contributed by atoms with E-state index < -0.39 is 0 Å². The predicted octanol–water partition coefficient (Wildman–Crippen LogP) is 2.45. The number of carbonyl (C=O) groups is 1. The maximum Gasteiger partial charge on any atom is 0.319 e. The van der Waals surface area contributed by atoms with E-state index in [0.717, 1.165) is 24.4 Å². The lowest BCUT2D eigenvalue weighted by Gasteiger charge is -2.22. The molecule has 2 heterocycles. The van der Waals surface area contributed by atoms with Gasteiger partial charge < -0.3 is 15.4 Å². The Morgan fingerprint density at radius 1 is 1.38 bits per heavy atom. The molecule has 0 radical (unpaired) electrons. The summed E-state index contributed by atoms with van der Waals surface area (Å²) in [6, 6.07) is 7.24. The van der Waals surface area contributed by atoms with Gasteiger partial charge in [0.05, 0.1) is 24.2 Å². The zero-order chi connectivity index (χ0) is 16.9. The highest BCUT2D eigenvalue weighted by Crippen LogP contribution is 2.26. The molecule has 1 aliphatic rings. The highest BCUT2D eigenvalue weighted by molar-refractivity contribution is 5.89. The summed E-state index contributed by atoms with van der Waals surface area (Å²) < 4.78 is 7.40. The molecule has 2 N–H and O–H groups in total. The molecule has 1 saturated heterocycles. The summed E-state index contributed by atoms with van der Waals surface area (Å²) in [5, 5.41) is 13.5. The molecule has 3 rings (SSSR count). The molecule has 7 heteroatoms. The van der Waals surface area contributed by atoms with Gasteiger partial charge in [0.25, 0.3) is 0 Å². The molecule has 0 bridgehead atoms. The summed E-state index contributed by atoms with van der Waals surface area (Å²) in [6.07, 6.45) is 4.61. The number of ether oxygens (including phenoxy) is 1. The number of rotatable bonds is 5. The normalized spacial score (nSPS) is 20.3.